The van der Waals surface area contributed by atoms with Crippen molar-refractivity contribution in [1.82, 2.24) is 9.88 Å². The SMILES string of the molecule is CCCC1CCN(C(=O)c2cc(C)nc(NC)c2)C1. The summed E-state index contributed by atoms with van der Waals surface area (Å²) in [6.45, 7) is 5.92. The Morgan fingerprint density at radius 1 is 1.53 bits per heavy atom. The molecule has 0 saturated carbocycles. The lowest BCUT2D eigenvalue weighted by Crippen LogP contribution is -2.28. The zero-order chi connectivity index (χ0) is 13.8. The van der Waals surface area contributed by atoms with Gasteiger partial charge in [-0.3, -0.25) is 4.79 Å². The molecule has 1 amide bonds. The van der Waals surface area contributed by atoms with Crippen LogP contribution in [-0.4, -0.2) is 35.9 Å². The molecular formula is C15H23N3O. The number of anilines is 1. The number of aromatic nitrogens is 1. The van der Waals surface area contributed by atoms with Crippen molar-refractivity contribution in [2.24, 2.45) is 5.92 Å². The molecule has 1 aliphatic heterocycles. The Morgan fingerprint density at radius 3 is 3.00 bits per heavy atom. The third-order valence-corrected chi connectivity index (χ3v) is 3.73. The molecule has 0 spiro atoms. The maximum absolute atomic E-state index is 12.5. The number of likely N-dealkylation sites (tertiary alicyclic amines) is 1. The van der Waals surface area contributed by atoms with Crippen LogP contribution in [-0.2, 0) is 0 Å². The first-order valence-corrected chi connectivity index (χ1v) is 7.09. The molecule has 0 aromatic carbocycles. The van der Waals surface area contributed by atoms with E-state index in [1.54, 1.807) is 0 Å². The molecule has 19 heavy (non-hydrogen) atoms. The van der Waals surface area contributed by atoms with Crippen molar-refractivity contribution < 1.29 is 4.79 Å². The molecule has 0 aliphatic carbocycles. The van der Waals surface area contributed by atoms with Crippen LogP contribution in [0.25, 0.3) is 0 Å². The first kappa shape index (κ1) is 13.8. The fourth-order valence-electron chi connectivity index (χ4n) is 2.76. The summed E-state index contributed by atoms with van der Waals surface area (Å²) >= 11 is 0. The molecule has 2 rings (SSSR count). The quantitative estimate of drug-likeness (QED) is 0.906. The largest absolute Gasteiger partial charge is 0.373 e. The Labute approximate surface area is 115 Å². The molecule has 0 bridgehead atoms. The maximum atomic E-state index is 12.5. The average Bonchev–Trinajstić information content (AvgIpc) is 2.86. The van der Waals surface area contributed by atoms with Gasteiger partial charge in [-0.15, -0.1) is 0 Å². The normalized spacial score (nSPS) is 18.7. The van der Waals surface area contributed by atoms with Crippen molar-refractivity contribution in [3.63, 3.8) is 0 Å². The Morgan fingerprint density at radius 2 is 2.32 bits per heavy atom. The van der Waals surface area contributed by atoms with Crippen molar-refractivity contribution in [1.29, 1.82) is 0 Å². The highest BCUT2D eigenvalue weighted by atomic mass is 16.2. The van der Waals surface area contributed by atoms with Crippen molar-refractivity contribution in [2.75, 3.05) is 25.5 Å². The highest BCUT2D eigenvalue weighted by Crippen LogP contribution is 2.23. The van der Waals surface area contributed by atoms with Crippen LogP contribution < -0.4 is 5.32 Å². The first-order chi connectivity index (χ1) is 9.13. The topological polar surface area (TPSA) is 45.2 Å². The molecule has 1 saturated heterocycles. The highest BCUT2D eigenvalue weighted by molar-refractivity contribution is 5.95. The van der Waals surface area contributed by atoms with E-state index in [2.05, 4.69) is 17.2 Å². The standard InChI is InChI=1S/C15H23N3O/c1-4-5-12-6-7-18(10-12)15(19)13-8-11(2)17-14(9-13)16-3/h8-9,12H,4-7,10H2,1-3H3,(H,16,17). The van der Waals surface area contributed by atoms with Crippen molar-refractivity contribution in [2.45, 2.75) is 33.1 Å². The monoisotopic (exact) mass is 261 g/mol. The molecule has 4 heteroatoms. The summed E-state index contributed by atoms with van der Waals surface area (Å²) < 4.78 is 0. The van der Waals surface area contributed by atoms with E-state index in [1.807, 2.05) is 31.0 Å². The zero-order valence-corrected chi connectivity index (χ0v) is 12.1. The number of carbonyl (C=O) groups is 1. The fourth-order valence-corrected chi connectivity index (χ4v) is 2.76. The summed E-state index contributed by atoms with van der Waals surface area (Å²) in [6.07, 6.45) is 3.56. The van der Waals surface area contributed by atoms with E-state index >= 15 is 0 Å². The van der Waals surface area contributed by atoms with E-state index < -0.39 is 0 Å². The summed E-state index contributed by atoms with van der Waals surface area (Å²) in [5.74, 6) is 1.58. The predicted molar refractivity (Wildman–Crippen MR) is 77.4 cm³/mol. The third-order valence-electron chi connectivity index (χ3n) is 3.73. The van der Waals surface area contributed by atoms with Gasteiger partial charge in [-0.25, -0.2) is 4.98 Å². The van der Waals surface area contributed by atoms with Gasteiger partial charge in [0.25, 0.3) is 5.91 Å². The minimum atomic E-state index is 0.139. The van der Waals surface area contributed by atoms with Gasteiger partial charge in [0.15, 0.2) is 0 Å². The van der Waals surface area contributed by atoms with Crippen LogP contribution in [0.4, 0.5) is 5.82 Å². The molecule has 4 nitrogen and oxygen atoms in total. The molecular weight excluding hydrogens is 238 g/mol. The van der Waals surface area contributed by atoms with Gasteiger partial charge in [-0.2, -0.15) is 0 Å². The van der Waals surface area contributed by atoms with Gasteiger partial charge in [0.2, 0.25) is 0 Å². The molecule has 104 valence electrons. The van der Waals surface area contributed by atoms with Crippen LogP contribution >= 0.6 is 0 Å². The summed E-state index contributed by atoms with van der Waals surface area (Å²) in [4.78, 5) is 18.8. The summed E-state index contributed by atoms with van der Waals surface area (Å²) in [5, 5.41) is 3.00. The number of rotatable bonds is 4. The number of hydrogen-bond acceptors (Lipinski definition) is 3. The minimum absolute atomic E-state index is 0.139. The number of hydrogen-bond donors (Lipinski definition) is 1. The predicted octanol–water partition coefficient (Wildman–Crippen LogP) is 2.69. The molecule has 1 unspecified atom stereocenters. The minimum Gasteiger partial charge on any atom is -0.373 e. The van der Waals surface area contributed by atoms with E-state index in [0.29, 0.717) is 5.92 Å². The zero-order valence-electron chi connectivity index (χ0n) is 12.1. The lowest BCUT2D eigenvalue weighted by molar-refractivity contribution is 0.0786. The molecule has 1 atom stereocenters. The number of carbonyl (C=O) groups excluding carboxylic acids is 1. The number of nitrogens with zero attached hydrogens (tertiary/aromatic N) is 2. The first-order valence-electron chi connectivity index (χ1n) is 7.09. The van der Waals surface area contributed by atoms with Crippen molar-refractivity contribution in [3.05, 3.63) is 23.4 Å². The third kappa shape index (κ3) is 3.25. The van der Waals surface area contributed by atoms with Crippen molar-refractivity contribution in [3.8, 4) is 0 Å². The second kappa shape index (κ2) is 6.04. The van der Waals surface area contributed by atoms with E-state index in [4.69, 9.17) is 0 Å². The van der Waals surface area contributed by atoms with Gasteiger partial charge in [0.05, 0.1) is 0 Å². The Hall–Kier alpha value is -1.58. The fraction of sp³-hybridized carbons (Fsp3) is 0.600. The lowest BCUT2D eigenvalue weighted by Gasteiger charge is -2.17. The van der Waals surface area contributed by atoms with E-state index in [1.165, 1.54) is 12.8 Å². The van der Waals surface area contributed by atoms with Gasteiger partial charge in [0, 0.05) is 31.4 Å². The summed E-state index contributed by atoms with van der Waals surface area (Å²) in [6, 6.07) is 3.71. The number of nitrogens with one attached hydrogen (secondary N) is 1. The maximum Gasteiger partial charge on any atom is 0.254 e. The van der Waals surface area contributed by atoms with Gasteiger partial charge in [-0.1, -0.05) is 13.3 Å². The Kier molecular flexibility index (Phi) is 4.40. The smallest absolute Gasteiger partial charge is 0.254 e. The van der Waals surface area contributed by atoms with E-state index in [9.17, 15) is 4.79 Å². The summed E-state index contributed by atoms with van der Waals surface area (Å²) in [7, 11) is 1.82. The molecule has 2 heterocycles. The molecule has 0 radical (unpaired) electrons. The van der Waals surface area contributed by atoms with E-state index in [0.717, 1.165) is 36.6 Å². The second-order valence-corrected chi connectivity index (χ2v) is 5.33. The molecule has 1 fully saturated rings. The molecule has 1 aromatic rings. The van der Waals surface area contributed by atoms with E-state index in [-0.39, 0.29) is 5.91 Å². The lowest BCUT2D eigenvalue weighted by atomic mass is 10.0. The Balaban J connectivity index is 2.10. The van der Waals surface area contributed by atoms with Gasteiger partial charge in [0.1, 0.15) is 5.82 Å². The average molecular weight is 261 g/mol. The molecule has 1 aromatic heterocycles. The Bertz CT molecular complexity index is 459. The van der Waals surface area contributed by atoms with Crippen molar-refractivity contribution >= 4 is 11.7 Å². The number of pyridine rings is 1. The second-order valence-electron chi connectivity index (χ2n) is 5.33. The van der Waals surface area contributed by atoms with Gasteiger partial charge >= 0.3 is 0 Å². The van der Waals surface area contributed by atoms with Crippen LogP contribution in [0.3, 0.4) is 0 Å². The van der Waals surface area contributed by atoms with Crippen LogP contribution in [0.5, 0.6) is 0 Å². The van der Waals surface area contributed by atoms with Crippen LogP contribution in [0.15, 0.2) is 12.1 Å². The van der Waals surface area contributed by atoms with Crippen LogP contribution in [0, 0.1) is 12.8 Å². The summed E-state index contributed by atoms with van der Waals surface area (Å²) in [5.41, 5.74) is 1.62. The number of amides is 1. The highest BCUT2D eigenvalue weighted by Gasteiger charge is 2.26. The molecule has 1 aliphatic rings. The van der Waals surface area contributed by atoms with Crippen LogP contribution in [0.2, 0.25) is 0 Å². The van der Waals surface area contributed by atoms with Gasteiger partial charge < -0.3 is 10.2 Å². The number of aryl methyl sites for hydroxylation is 1. The van der Waals surface area contributed by atoms with Gasteiger partial charge in [-0.05, 0) is 37.8 Å². The van der Waals surface area contributed by atoms with Crippen LogP contribution in [0.1, 0.15) is 42.2 Å². The molecule has 1 N–H and O–H groups in total.